The lowest BCUT2D eigenvalue weighted by molar-refractivity contribution is -0.125. The van der Waals surface area contributed by atoms with Gasteiger partial charge in [-0.2, -0.15) is 11.8 Å². The minimum atomic E-state index is 0.0447. The molecule has 3 N–H and O–H groups in total. The van der Waals surface area contributed by atoms with Gasteiger partial charge in [0.05, 0.1) is 5.92 Å². The molecule has 0 bridgehead atoms. The molecule has 0 radical (unpaired) electrons. The second-order valence-electron chi connectivity index (χ2n) is 5.01. The number of amides is 1. The van der Waals surface area contributed by atoms with Crippen LogP contribution in [0.3, 0.4) is 0 Å². The van der Waals surface area contributed by atoms with Crippen LogP contribution in [0.1, 0.15) is 46.0 Å². The quantitative estimate of drug-likeness (QED) is 0.767. The lowest BCUT2D eigenvalue weighted by Gasteiger charge is -2.30. The van der Waals surface area contributed by atoms with Crippen LogP contribution in [0.4, 0.5) is 0 Å². The van der Waals surface area contributed by atoms with Gasteiger partial charge in [0.25, 0.3) is 0 Å². The molecule has 3 nitrogen and oxygen atoms in total. The molecule has 0 aromatic heterocycles. The van der Waals surface area contributed by atoms with Crippen LogP contribution in [0.2, 0.25) is 0 Å². The summed E-state index contributed by atoms with van der Waals surface area (Å²) in [6.45, 7) is 5.14. The van der Waals surface area contributed by atoms with Crippen LogP contribution in [0.15, 0.2) is 0 Å². The third-order valence-corrected chi connectivity index (χ3v) is 5.80. The van der Waals surface area contributed by atoms with Crippen molar-refractivity contribution >= 4 is 17.7 Å². The van der Waals surface area contributed by atoms with Crippen LogP contribution < -0.4 is 11.1 Å². The zero-order valence-electron chi connectivity index (χ0n) is 11.3. The maximum atomic E-state index is 12.0. The summed E-state index contributed by atoms with van der Waals surface area (Å²) in [7, 11) is 0. The fourth-order valence-corrected chi connectivity index (χ4v) is 3.35. The Morgan fingerprint density at radius 2 is 2.06 bits per heavy atom. The largest absolute Gasteiger partial charge is 0.354 e. The average Bonchev–Trinajstić information content (AvgIpc) is 2.78. The van der Waals surface area contributed by atoms with E-state index in [0.29, 0.717) is 0 Å². The van der Waals surface area contributed by atoms with Crippen LogP contribution in [-0.2, 0) is 4.79 Å². The first kappa shape index (κ1) is 14.8. The van der Waals surface area contributed by atoms with Crippen molar-refractivity contribution < 1.29 is 4.79 Å². The van der Waals surface area contributed by atoms with Crippen LogP contribution in [-0.4, -0.2) is 29.5 Å². The smallest absolute Gasteiger partial charge is 0.224 e. The van der Waals surface area contributed by atoms with Crippen LogP contribution in [0, 0.1) is 5.92 Å². The molecule has 2 atom stereocenters. The molecule has 17 heavy (non-hydrogen) atoms. The van der Waals surface area contributed by atoms with E-state index in [1.54, 1.807) is 0 Å². The fourth-order valence-electron chi connectivity index (χ4n) is 2.55. The van der Waals surface area contributed by atoms with Crippen molar-refractivity contribution in [1.29, 1.82) is 0 Å². The van der Waals surface area contributed by atoms with Gasteiger partial charge in [0.2, 0.25) is 5.91 Å². The highest BCUT2D eigenvalue weighted by molar-refractivity contribution is 8.00. The monoisotopic (exact) mass is 258 g/mol. The third kappa shape index (κ3) is 3.62. The van der Waals surface area contributed by atoms with Gasteiger partial charge < -0.3 is 11.1 Å². The Labute approximate surface area is 109 Å². The number of hydrogen-bond donors (Lipinski definition) is 2. The average molecular weight is 258 g/mol. The Morgan fingerprint density at radius 1 is 1.41 bits per heavy atom. The van der Waals surface area contributed by atoms with E-state index in [2.05, 4.69) is 25.4 Å². The molecule has 0 aliphatic heterocycles. The SMILES string of the molecule is CCC(CC)(CNC(=O)C1CCCC1N)SC. The van der Waals surface area contributed by atoms with Gasteiger partial charge in [-0.25, -0.2) is 0 Å². The van der Waals surface area contributed by atoms with E-state index in [-0.39, 0.29) is 22.6 Å². The van der Waals surface area contributed by atoms with Gasteiger partial charge in [0.15, 0.2) is 0 Å². The van der Waals surface area contributed by atoms with Crippen molar-refractivity contribution in [3.63, 3.8) is 0 Å². The van der Waals surface area contributed by atoms with Gasteiger partial charge in [0.1, 0.15) is 0 Å². The number of nitrogens with two attached hydrogens (primary N) is 1. The Kier molecular flexibility index (Phi) is 5.80. The summed E-state index contributed by atoms with van der Waals surface area (Å²) in [6.07, 6.45) is 7.34. The van der Waals surface area contributed by atoms with Crippen molar-refractivity contribution in [3.8, 4) is 0 Å². The highest BCUT2D eigenvalue weighted by atomic mass is 32.2. The maximum Gasteiger partial charge on any atom is 0.224 e. The summed E-state index contributed by atoms with van der Waals surface area (Å²) in [5.41, 5.74) is 5.95. The van der Waals surface area contributed by atoms with Crippen molar-refractivity contribution in [3.05, 3.63) is 0 Å². The predicted molar refractivity (Wildman–Crippen MR) is 75.2 cm³/mol. The number of nitrogens with one attached hydrogen (secondary N) is 1. The highest BCUT2D eigenvalue weighted by Crippen LogP contribution is 2.30. The first-order valence-corrected chi connectivity index (χ1v) is 7.89. The summed E-state index contributed by atoms with van der Waals surface area (Å²) >= 11 is 1.86. The Hall–Kier alpha value is -0.220. The third-order valence-electron chi connectivity index (χ3n) is 4.21. The molecule has 1 rings (SSSR count). The predicted octanol–water partition coefficient (Wildman–Crippen LogP) is 2.15. The van der Waals surface area contributed by atoms with E-state index in [0.717, 1.165) is 38.6 Å². The summed E-state index contributed by atoms with van der Waals surface area (Å²) in [5.74, 6) is 0.207. The molecule has 0 saturated heterocycles. The zero-order chi connectivity index (χ0) is 12.9. The number of thioether (sulfide) groups is 1. The molecule has 0 spiro atoms. The molecule has 1 aliphatic rings. The summed E-state index contributed by atoms with van der Waals surface area (Å²) in [5, 5.41) is 3.11. The van der Waals surface area contributed by atoms with Crippen molar-refractivity contribution in [2.45, 2.75) is 56.7 Å². The molecule has 0 aromatic rings. The lowest BCUT2D eigenvalue weighted by Crippen LogP contribution is -2.44. The molecule has 1 saturated carbocycles. The molecule has 1 aliphatic carbocycles. The zero-order valence-corrected chi connectivity index (χ0v) is 12.1. The van der Waals surface area contributed by atoms with Crippen LogP contribution in [0.5, 0.6) is 0 Å². The highest BCUT2D eigenvalue weighted by Gasteiger charge is 2.32. The summed E-state index contributed by atoms with van der Waals surface area (Å²) < 4.78 is 0.193. The van der Waals surface area contributed by atoms with Crippen molar-refractivity contribution in [1.82, 2.24) is 5.32 Å². The summed E-state index contributed by atoms with van der Waals surface area (Å²) in [6, 6.07) is 0.0712. The minimum Gasteiger partial charge on any atom is -0.354 e. The molecule has 0 heterocycles. The second-order valence-corrected chi connectivity index (χ2v) is 6.29. The standard InChI is InChI=1S/C13H26N2OS/c1-4-13(5-2,17-3)9-15-12(16)10-7-6-8-11(10)14/h10-11H,4-9,14H2,1-3H3,(H,15,16). The van der Waals surface area contributed by atoms with E-state index in [1.807, 2.05) is 11.8 Å². The van der Waals surface area contributed by atoms with Gasteiger partial charge in [0, 0.05) is 17.3 Å². The van der Waals surface area contributed by atoms with E-state index < -0.39 is 0 Å². The van der Waals surface area contributed by atoms with E-state index in [1.165, 1.54) is 0 Å². The van der Waals surface area contributed by atoms with E-state index in [4.69, 9.17) is 5.73 Å². The maximum absolute atomic E-state index is 12.0. The molecule has 1 amide bonds. The Morgan fingerprint density at radius 3 is 2.47 bits per heavy atom. The normalized spacial score (nSPS) is 24.9. The van der Waals surface area contributed by atoms with Gasteiger partial charge >= 0.3 is 0 Å². The van der Waals surface area contributed by atoms with E-state index >= 15 is 0 Å². The van der Waals surface area contributed by atoms with Crippen molar-refractivity contribution in [2.75, 3.05) is 12.8 Å². The second kappa shape index (κ2) is 6.64. The molecule has 4 heteroatoms. The number of rotatable bonds is 6. The fraction of sp³-hybridized carbons (Fsp3) is 0.923. The molecule has 0 aromatic carbocycles. The van der Waals surface area contributed by atoms with Crippen LogP contribution >= 0.6 is 11.8 Å². The first-order chi connectivity index (χ1) is 8.08. The molecular weight excluding hydrogens is 232 g/mol. The van der Waals surface area contributed by atoms with Gasteiger partial charge in [-0.3, -0.25) is 4.79 Å². The lowest BCUT2D eigenvalue weighted by atomic mass is 10.00. The van der Waals surface area contributed by atoms with Gasteiger partial charge in [-0.05, 0) is 31.9 Å². The van der Waals surface area contributed by atoms with Gasteiger partial charge in [-0.1, -0.05) is 20.3 Å². The number of hydrogen-bond acceptors (Lipinski definition) is 3. The molecular formula is C13H26N2OS. The number of carbonyl (C=O) groups excluding carboxylic acids is 1. The van der Waals surface area contributed by atoms with E-state index in [9.17, 15) is 4.79 Å². The Bertz CT molecular complexity index is 246. The first-order valence-electron chi connectivity index (χ1n) is 6.67. The van der Waals surface area contributed by atoms with Crippen LogP contribution in [0.25, 0.3) is 0 Å². The Balaban J connectivity index is 2.46. The molecule has 1 fully saturated rings. The topological polar surface area (TPSA) is 55.1 Å². The molecule has 100 valence electrons. The summed E-state index contributed by atoms with van der Waals surface area (Å²) in [4.78, 5) is 12.0. The van der Waals surface area contributed by atoms with Gasteiger partial charge in [-0.15, -0.1) is 0 Å². The minimum absolute atomic E-state index is 0.0447. The number of carbonyl (C=O) groups is 1. The molecule has 2 unspecified atom stereocenters. The van der Waals surface area contributed by atoms with Crippen molar-refractivity contribution in [2.24, 2.45) is 11.7 Å².